The number of aryl methyl sites for hydroxylation is 3. The molecule has 722 valence electrons. The Morgan fingerprint density at radius 3 is 1.09 bits per heavy atom. The van der Waals surface area contributed by atoms with Crippen molar-refractivity contribution < 1.29 is 26.0 Å². The fourth-order valence-electron chi connectivity index (χ4n) is 16.1. The fourth-order valence-corrected chi connectivity index (χ4v) is 17.4. The number of rotatable bonds is 26. The maximum absolute atomic E-state index is 13.5. The summed E-state index contributed by atoms with van der Waals surface area (Å²) in [6.07, 6.45) is 2.96. The van der Waals surface area contributed by atoms with Gasteiger partial charge in [-0.1, -0.05) is 189 Å². The topological polar surface area (TPSA) is 402 Å². The number of nitrogens with one attached hydrogen (secondary N) is 4. The molecule has 0 saturated heterocycles. The zero-order chi connectivity index (χ0) is 100. The van der Waals surface area contributed by atoms with Crippen LogP contribution in [0, 0.1) is 30.0 Å². The molecule has 0 fully saturated rings. The van der Waals surface area contributed by atoms with E-state index in [1.807, 2.05) is 193 Å². The number of carbonyl (C=O) groups excluding carboxylic acids is 1. The number of para-hydroxylation sites is 3. The molecular formula is C102H108FN23O12S2. The minimum Gasteiger partial charge on any atom is -0.340 e. The van der Waals surface area contributed by atoms with Crippen molar-refractivity contribution >= 4 is 121 Å². The molecule has 0 amide bonds. The van der Waals surface area contributed by atoms with E-state index in [1.54, 1.807) is 74.2 Å². The van der Waals surface area contributed by atoms with Gasteiger partial charge in [0.1, 0.15) is 56.5 Å². The zero-order valence-electron chi connectivity index (χ0n) is 80.3. The summed E-state index contributed by atoms with van der Waals surface area (Å²) in [6, 6.07) is 68.8. The van der Waals surface area contributed by atoms with Crippen LogP contribution in [-0.2, 0) is 100 Å². The van der Waals surface area contributed by atoms with Gasteiger partial charge in [-0.25, -0.2) is 58.7 Å². The average Bonchev–Trinajstić information content (AvgIpc) is 1.58. The average molecular weight is 1930 g/mol. The first-order valence-electron chi connectivity index (χ1n) is 45.2. The molecule has 0 atom stereocenters. The lowest BCUT2D eigenvalue weighted by Crippen LogP contribution is -2.40. The largest absolute Gasteiger partial charge is 0.340 e. The Balaban J connectivity index is 0.000000141. The Labute approximate surface area is 803 Å². The number of aromatic nitrogens is 19. The van der Waals surface area contributed by atoms with Gasteiger partial charge in [0.2, 0.25) is 5.78 Å². The molecule has 0 unspecified atom stereocenters. The quantitative estimate of drug-likeness (QED) is 0.0366. The Morgan fingerprint density at radius 1 is 0.407 bits per heavy atom. The molecule has 38 heteroatoms. The van der Waals surface area contributed by atoms with Crippen molar-refractivity contribution in [3.63, 3.8) is 0 Å². The van der Waals surface area contributed by atoms with Gasteiger partial charge < -0.3 is 21.3 Å². The van der Waals surface area contributed by atoms with Crippen LogP contribution >= 0.6 is 0 Å². The Bertz CT molecular complexity index is 8420. The number of Topliss-reactive ketones (excluding diaryl/α,β-unsaturated/α-hetero) is 1. The molecule has 18 aromatic rings. The van der Waals surface area contributed by atoms with E-state index in [0.29, 0.717) is 113 Å². The number of fused-ring (bicyclic) bond motifs is 6. The molecule has 8 aromatic carbocycles. The van der Waals surface area contributed by atoms with E-state index >= 15 is 0 Å². The van der Waals surface area contributed by atoms with Gasteiger partial charge in [0, 0.05) is 106 Å². The normalized spacial score (nSPS) is 11.7. The fraction of sp³-hybridized carbons (Fsp3) is 0.265. The van der Waals surface area contributed by atoms with Gasteiger partial charge in [-0.3, -0.25) is 60.9 Å². The van der Waals surface area contributed by atoms with Crippen molar-refractivity contribution in [2.75, 3.05) is 33.8 Å². The van der Waals surface area contributed by atoms with Crippen molar-refractivity contribution in [1.29, 1.82) is 0 Å². The van der Waals surface area contributed by atoms with Crippen molar-refractivity contribution in [3.05, 3.63) is 349 Å². The molecule has 0 bridgehead atoms. The number of hydrogen-bond donors (Lipinski definition) is 4. The second kappa shape index (κ2) is 40.7. The highest BCUT2D eigenvalue weighted by atomic mass is 32.2. The number of benzene rings is 8. The minimum atomic E-state index is -3.35. The number of ketones is 1. The highest BCUT2D eigenvalue weighted by Gasteiger charge is 2.30. The van der Waals surface area contributed by atoms with Crippen LogP contribution in [0.3, 0.4) is 0 Å². The summed E-state index contributed by atoms with van der Waals surface area (Å²) < 4.78 is 78.8. The van der Waals surface area contributed by atoms with Crippen molar-refractivity contribution in [2.45, 2.75) is 131 Å². The Hall–Kier alpha value is -16.1. The Kier molecular flexibility index (Phi) is 28.6. The third kappa shape index (κ3) is 21.5. The SMILES string of the molecule is CC(=O)c1ccc(Cn2nc3c(c2Nc2ccccc2)c(=O)n(C)c(=O)n3CC(C)C)cc1.CC(C)Cn1c(=O)n(C)c(=O)c2c(Nc3ccccc3)n(Cc3ccc(S(C)(=O)=O)cc3)nc21.CCc1nnc2n(C)c(=O)c3c(Nc4ccccc4)n(Cc4ccc(-c5cccc(C)n5)cc4)nc3n12.Cn1c(=O)c2c(Nc3ccc(F)cc3)n(Cc3ccc(S(C)(=O)=O)cc3)nc2n(CC(C)(C)C)c1=O. The monoisotopic (exact) mass is 1930 g/mol. The smallest absolute Gasteiger partial charge is 0.332 e. The maximum atomic E-state index is 13.5. The van der Waals surface area contributed by atoms with Crippen LogP contribution in [0.15, 0.2) is 274 Å². The second-order valence-electron chi connectivity index (χ2n) is 36.4. The molecule has 0 aliphatic heterocycles. The van der Waals surface area contributed by atoms with Crippen LogP contribution < -0.4 is 60.6 Å². The van der Waals surface area contributed by atoms with Gasteiger partial charge in [-0.2, -0.15) is 20.4 Å². The van der Waals surface area contributed by atoms with Crippen LogP contribution in [-0.4, -0.2) is 126 Å². The zero-order valence-corrected chi connectivity index (χ0v) is 82.0. The number of hydrogen-bond acceptors (Lipinski definition) is 23. The van der Waals surface area contributed by atoms with Gasteiger partial charge in [0.25, 0.3) is 22.2 Å². The van der Waals surface area contributed by atoms with Gasteiger partial charge in [-0.05, 0) is 150 Å². The third-order valence-corrected chi connectivity index (χ3v) is 25.4. The predicted molar refractivity (Wildman–Crippen MR) is 543 cm³/mol. The first kappa shape index (κ1) is 98.4. The van der Waals surface area contributed by atoms with Crippen LogP contribution in [0.2, 0.25) is 0 Å². The summed E-state index contributed by atoms with van der Waals surface area (Å²) in [4.78, 5) is 109. The van der Waals surface area contributed by atoms with E-state index in [4.69, 9.17) is 10.2 Å². The molecule has 10 heterocycles. The molecule has 0 saturated carbocycles. The van der Waals surface area contributed by atoms with Gasteiger partial charge in [-0.15, -0.1) is 10.2 Å². The number of anilines is 8. The van der Waals surface area contributed by atoms with Crippen LogP contribution in [0.1, 0.15) is 106 Å². The molecule has 4 N–H and O–H groups in total. The van der Waals surface area contributed by atoms with Crippen LogP contribution in [0.4, 0.5) is 50.4 Å². The van der Waals surface area contributed by atoms with E-state index < -0.39 is 53.5 Å². The van der Waals surface area contributed by atoms with Crippen LogP contribution in [0.5, 0.6) is 0 Å². The number of halogens is 1. The highest BCUT2D eigenvalue weighted by molar-refractivity contribution is 7.91. The summed E-state index contributed by atoms with van der Waals surface area (Å²) in [5, 5.41) is 42.1. The summed E-state index contributed by atoms with van der Waals surface area (Å²) in [5.74, 6) is 3.13. The van der Waals surface area contributed by atoms with E-state index in [0.717, 1.165) is 88.3 Å². The molecule has 0 aliphatic rings. The lowest BCUT2D eigenvalue weighted by atomic mass is 9.97. The van der Waals surface area contributed by atoms with E-state index in [-0.39, 0.29) is 68.2 Å². The van der Waals surface area contributed by atoms with Crippen LogP contribution in [0.25, 0.3) is 61.2 Å². The first-order valence-corrected chi connectivity index (χ1v) is 49.0. The number of pyridine rings is 1. The summed E-state index contributed by atoms with van der Waals surface area (Å²) in [5.41, 5.74) is 8.44. The Morgan fingerprint density at radius 2 is 0.743 bits per heavy atom. The molecule has 35 nitrogen and oxygen atoms in total. The number of sulfone groups is 2. The van der Waals surface area contributed by atoms with E-state index in [9.17, 15) is 59.6 Å². The van der Waals surface area contributed by atoms with Crippen molar-refractivity contribution in [3.8, 4) is 11.3 Å². The maximum Gasteiger partial charge on any atom is 0.332 e. The molecular weight excluding hydrogens is 1820 g/mol. The van der Waals surface area contributed by atoms with Crippen molar-refractivity contribution in [2.24, 2.45) is 45.4 Å². The van der Waals surface area contributed by atoms with Gasteiger partial charge in [0.05, 0.1) is 41.7 Å². The van der Waals surface area contributed by atoms with Crippen molar-refractivity contribution in [1.82, 2.24) is 90.7 Å². The standard InChI is InChI=1S/C28H26N8O.C25H28FN5O4S.C25H27N5O3.C24H27N5O4S/c1-4-23-31-32-28-34(3)27(37)24-25(30-21-10-6-5-7-11-21)35(33-26(24)36(23)28)17-19-13-15-20(16-14-19)22-12-8-9-18(2)29-22;1-25(2,3)15-30-22-20(23(32)29(4)24(30)33)21(27-18-10-8-17(26)9-11-18)31(28-22)14-16-6-12-19(13-7-16)36(5,34)35;1-16(2)14-29-23-21(24(32)28(4)25(29)33)22(26-20-8-6-5-7-9-20)30(27-23)15-18-10-12-19(13-11-18)17(3)31;1-16(2)14-28-22-20(23(30)27(3)24(28)31)21(25-18-8-6-5-7-9-18)29(26-22)15-17-10-12-19(13-11-17)34(4,32)33/h5-16,30H,4,17H2,1-3H3;6-13,27H,14-15H2,1-5H3;5-13,16,26H,14-15H2,1-4H3;5-13,16,25H,14-15H2,1-4H3. The number of carbonyl (C=O) groups is 1. The highest BCUT2D eigenvalue weighted by Crippen LogP contribution is 2.33. The minimum absolute atomic E-state index is 0.000917. The van der Waals surface area contributed by atoms with Gasteiger partial charge >= 0.3 is 17.1 Å². The molecule has 140 heavy (non-hydrogen) atoms. The van der Waals surface area contributed by atoms with E-state index in [1.165, 1.54) is 78.2 Å². The summed E-state index contributed by atoms with van der Waals surface area (Å²) in [6.45, 7) is 22.0. The molecule has 18 rings (SSSR count). The summed E-state index contributed by atoms with van der Waals surface area (Å²) in [7, 11) is -0.566. The lowest BCUT2D eigenvalue weighted by molar-refractivity contribution is 0.101. The third-order valence-electron chi connectivity index (χ3n) is 23.1. The molecule has 0 aliphatic carbocycles. The molecule has 0 radical (unpaired) electrons. The van der Waals surface area contributed by atoms with Gasteiger partial charge in [0.15, 0.2) is 48.0 Å². The second-order valence-corrected chi connectivity index (χ2v) is 40.5. The molecule has 10 aromatic heterocycles. The number of nitrogens with zero attached hydrogens (tertiary/aromatic N) is 19. The predicted octanol–water partition coefficient (Wildman–Crippen LogP) is 14.1. The molecule has 0 spiro atoms. The lowest BCUT2D eigenvalue weighted by Gasteiger charge is -2.20. The summed E-state index contributed by atoms with van der Waals surface area (Å²) >= 11 is 0. The first-order chi connectivity index (χ1) is 66.6. The van der Waals surface area contributed by atoms with E-state index in [2.05, 4.69) is 70.9 Å².